The minimum absolute atomic E-state index is 0.115. The zero-order valence-corrected chi connectivity index (χ0v) is 13.1. The topological polar surface area (TPSA) is 90.9 Å². The van der Waals surface area contributed by atoms with Gasteiger partial charge in [-0.05, 0) is 36.4 Å². The quantitative estimate of drug-likeness (QED) is 0.497. The molecule has 0 fully saturated rings. The maximum atomic E-state index is 12.7. The van der Waals surface area contributed by atoms with Gasteiger partial charge in [0.2, 0.25) is 0 Å². The van der Waals surface area contributed by atoms with Gasteiger partial charge in [-0.15, -0.1) is 0 Å². The standard InChI is InChI=1S/C19H14N4O2/c24-14-4-1-3-13(9-14)23-17-7-6-12(10-21-17)18(25)16-11-22-19-15(16)5-2-8-20-19/h1-11,24H,(H,20,22)(H,21,23). The van der Waals surface area contributed by atoms with Crippen LogP contribution >= 0.6 is 0 Å². The highest BCUT2D eigenvalue weighted by Gasteiger charge is 2.14. The number of fused-ring (bicyclic) bond motifs is 1. The van der Waals surface area contributed by atoms with E-state index in [0.717, 1.165) is 5.39 Å². The smallest absolute Gasteiger partial charge is 0.196 e. The monoisotopic (exact) mass is 330 g/mol. The van der Waals surface area contributed by atoms with Crippen LogP contribution in [0, 0.1) is 0 Å². The Morgan fingerprint density at radius 1 is 1.08 bits per heavy atom. The summed E-state index contributed by atoms with van der Waals surface area (Å²) in [5, 5.41) is 13.4. The number of aromatic nitrogens is 3. The number of carbonyl (C=O) groups excluding carboxylic acids is 1. The van der Waals surface area contributed by atoms with E-state index < -0.39 is 0 Å². The molecule has 0 atom stereocenters. The molecule has 3 heterocycles. The number of nitrogens with zero attached hydrogens (tertiary/aromatic N) is 2. The lowest BCUT2D eigenvalue weighted by atomic mass is 10.1. The van der Waals surface area contributed by atoms with Crippen molar-refractivity contribution in [2.45, 2.75) is 0 Å². The molecule has 0 radical (unpaired) electrons. The van der Waals surface area contributed by atoms with Crippen molar-refractivity contribution in [1.82, 2.24) is 15.0 Å². The number of phenolic OH excluding ortho intramolecular Hbond substituents is 1. The lowest BCUT2D eigenvalue weighted by Crippen LogP contribution is -2.02. The van der Waals surface area contributed by atoms with Crippen LogP contribution in [0.2, 0.25) is 0 Å². The molecule has 6 heteroatoms. The third-order valence-corrected chi connectivity index (χ3v) is 3.84. The molecule has 4 aromatic rings. The number of aromatic amines is 1. The number of H-pyrrole nitrogens is 1. The van der Waals surface area contributed by atoms with Crippen LogP contribution < -0.4 is 5.32 Å². The number of nitrogens with one attached hydrogen (secondary N) is 2. The summed E-state index contributed by atoms with van der Waals surface area (Å²) < 4.78 is 0. The average molecular weight is 330 g/mol. The van der Waals surface area contributed by atoms with E-state index in [1.807, 2.05) is 12.1 Å². The van der Waals surface area contributed by atoms with Crippen LogP contribution in [-0.2, 0) is 0 Å². The van der Waals surface area contributed by atoms with Gasteiger partial charge in [0.15, 0.2) is 5.78 Å². The third kappa shape index (κ3) is 2.92. The van der Waals surface area contributed by atoms with Crippen molar-refractivity contribution in [2.75, 3.05) is 5.32 Å². The molecule has 122 valence electrons. The molecule has 0 saturated heterocycles. The summed E-state index contributed by atoms with van der Waals surface area (Å²) in [6, 6.07) is 13.8. The van der Waals surface area contributed by atoms with E-state index in [1.54, 1.807) is 48.8 Å². The van der Waals surface area contributed by atoms with Gasteiger partial charge in [-0.2, -0.15) is 0 Å². The van der Waals surface area contributed by atoms with Gasteiger partial charge in [-0.1, -0.05) is 6.07 Å². The first-order chi connectivity index (χ1) is 12.2. The predicted molar refractivity (Wildman–Crippen MR) is 95.2 cm³/mol. The molecule has 3 aromatic heterocycles. The molecule has 6 nitrogen and oxygen atoms in total. The van der Waals surface area contributed by atoms with Gasteiger partial charge in [-0.3, -0.25) is 4.79 Å². The summed E-state index contributed by atoms with van der Waals surface area (Å²) in [6.07, 6.45) is 4.87. The van der Waals surface area contributed by atoms with Gasteiger partial charge in [0, 0.05) is 46.9 Å². The minimum Gasteiger partial charge on any atom is -0.508 e. The molecule has 1 aromatic carbocycles. The summed E-state index contributed by atoms with van der Waals surface area (Å²) in [7, 11) is 0. The Bertz CT molecular complexity index is 1050. The Hall–Kier alpha value is -3.67. The molecule has 0 spiro atoms. The largest absolute Gasteiger partial charge is 0.508 e. The van der Waals surface area contributed by atoms with Crippen LogP contribution in [0.15, 0.2) is 67.1 Å². The number of benzene rings is 1. The fraction of sp³-hybridized carbons (Fsp3) is 0. The Labute approximate surface area is 143 Å². The number of ketones is 1. The van der Waals surface area contributed by atoms with Gasteiger partial charge in [0.1, 0.15) is 17.2 Å². The average Bonchev–Trinajstić information content (AvgIpc) is 3.06. The maximum Gasteiger partial charge on any atom is 0.196 e. The maximum absolute atomic E-state index is 12.7. The molecule has 0 saturated carbocycles. The second kappa shape index (κ2) is 6.09. The third-order valence-electron chi connectivity index (χ3n) is 3.84. The first-order valence-corrected chi connectivity index (χ1v) is 7.69. The van der Waals surface area contributed by atoms with E-state index in [2.05, 4.69) is 20.3 Å². The van der Waals surface area contributed by atoms with Crippen LogP contribution in [0.5, 0.6) is 5.75 Å². The SMILES string of the molecule is O=C(c1ccc(Nc2cccc(O)c2)nc1)c1c[nH]c2ncccc12. The molecule has 0 aliphatic heterocycles. The Morgan fingerprint density at radius 3 is 2.80 bits per heavy atom. The van der Waals surface area contributed by atoms with Crippen LogP contribution in [0.4, 0.5) is 11.5 Å². The van der Waals surface area contributed by atoms with Crippen LogP contribution in [0.25, 0.3) is 11.0 Å². The summed E-state index contributed by atoms with van der Waals surface area (Å²) in [5.41, 5.74) is 2.46. The summed E-state index contributed by atoms with van der Waals surface area (Å²) >= 11 is 0. The van der Waals surface area contributed by atoms with Crippen LogP contribution in [-0.4, -0.2) is 25.8 Å². The number of pyridine rings is 2. The van der Waals surface area contributed by atoms with E-state index in [1.165, 1.54) is 6.20 Å². The molecule has 0 aliphatic rings. The predicted octanol–water partition coefficient (Wildman–Crippen LogP) is 3.64. The van der Waals surface area contributed by atoms with Gasteiger partial charge in [0.05, 0.1) is 0 Å². The molecular formula is C19H14N4O2. The zero-order chi connectivity index (χ0) is 17.2. The Kier molecular flexibility index (Phi) is 3.63. The molecule has 0 unspecified atom stereocenters. The minimum atomic E-state index is -0.115. The van der Waals surface area contributed by atoms with Gasteiger partial charge in [0.25, 0.3) is 0 Å². The lowest BCUT2D eigenvalue weighted by Gasteiger charge is -2.06. The summed E-state index contributed by atoms with van der Waals surface area (Å²) in [4.78, 5) is 24.2. The van der Waals surface area contributed by atoms with Crippen molar-refractivity contribution in [3.63, 3.8) is 0 Å². The van der Waals surface area contributed by atoms with Crippen molar-refractivity contribution in [2.24, 2.45) is 0 Å². The normalized spacial score (nSPS) is 10.7. The lowest BCUT2D eigenvalue weighted by molar-refractivity contribution is 0.104. The van der Waals surface area contributed by atoms with Crippen molar-refractivity contribution >= 4 is 28.3 Å². The van der Waals surface area contributed by atoms with Crippen molar-refractivity contribution in [3.8, 4) is 5.75 Å². The van der Waals surface area contributed by atoms with E-state index in [9.17, 15) is 9.90 Å². The van der Waals surface area contributed by atoms with Crippen LogP contribution in [0.1, 0.15) is 15.9 Å². The highest BCUT2D eigenvalue weighted by atomic mass is 16.3. The second-order valence-electron chi connectivity index (χ2n) is 5.54. The molecular weight excluding hydrogens is 316 g/mol. The van der Waals surface area contributed by atoms with Gasteiger partial charge in [-0.25, -0.2) is 9.97 Å². The van der Waals surface area contributed by atoms with E-state index >= 15 is 0 Å². The molecule has 25 heavy (non-hydrogen) atoms. The fourth-order valence-electron chi connectivity index (χ4n) is 2.63. The van der Waals surface area contributed by atoms with Gasteiger partial charge < -0.3 is 15.4 Å². The number of anilines is 2. The number of phenols is 1. The Balaban J connectivity index is 1.58. The van der Waals surface area contributed by atoms with Crippen LogP contribution in [0.3, 0.4) is 0 Å². The zero-order valence-electron chi connectivity index (χ0n) is 13.1. The Morgan fingerprint density at radius 2 is 2.00 bits per heavy atom. The van der Waals surface area contributed by atoms with Crippen molar-refractivity contribution < 1.29 is 9.90 Å². The number of hydrogen-bond donors (Lipinski definition) is 3. The van der Waals surface area contributed by atoms with E-state index in [0.29, 0.717) is 28.3 Å². The number of rotatable bonds is 4. The number of hydrogen-bond acceptors (Lipinski definition) is 5. The molecule has 0 aliphatic carbocycles. The fourth-order valence-corrected chi connectivity index (χ4v) is 2.63. The summed E-state index contributed by atoms with van der Waals surface area (Å²) in [5.74, 6) is 0.642. The second-order valence-corrected chi connectivity index (χ2v) is 5.54. The first kappa shape index (κ1) is 14.9. The molecule has 0 bridgehead atoms. The highest BCUT2D eigenvalue weighted by Crippen LogP contribution is 2.22. The van der Waals surface area contributed by atoms with Crippen molar-refractivity contribution in [3.05, 3.63) is 78.2 Å². The highest BCUT2D eigenvalue weighted by molar-refractivity contribution is 6.15. The number of carbonyl (C=O) groups is 1. The van der Waals surface area contributed by atoms with E-state index in [-0.39, 0.29) is 11.5 Å². The number of aromatic hydroxyl groups is 1. The summed E-state index contributed by atoms with van der Waals surface area (Å²) in [6.45, 7) is 0. The molecule has 0 amide bonds. The molecule has 4 rings (SSSR count). The molecule has 3 N–H and O–H groups in total. The van der Waals surface area contributed by atoms with Gasteiger partial charge >= 0.3 is 0 Å². The van der Waals surface area contributed by atoms with Crippen molar-refractivity contribution in [1.29, 1.82) is 0 Å². The first-order valence-electron chi connectivity index (χ1n) is 7.69. The van der Waals surface area contributed by atoms with E-state index in [4.69, 9.17) is 0 Å².